The predicted molar refractivity (Wildman–Crippen MR) is 116 cm³/mol. The number of carbonyl (C=O) groups is 3. The molecule has 0 saturated heterocycles. The summed E-state index contributed by atoms with van der Waals surface area (Å²) in [7, 11) is 0. The van der Waals surface area contributed by atoms with Crippen molar-refractivity contribution >= 4 is 34.1 Å². The van der Waals surface area contributed by atoms with Gasteiger partial charge in [-0.1, -0.05) is 39.3 Å². The Hall–Kier alpha value is -2.15. The van der Waals surface area contributed by atoms with Crippen molar-refractivity contribution in [3.8, 4) is 0 Å². The van der Waals surface area contributed by atoms with E-state index in [2.05, 4.69) is 26.1 Å². The molecule has 2 amide bonds. The molecule has 1 aromatic heterocycles. The van der Waals surface area contributed by atoms with Crippen LogP contribution < -0.4 is 11.1 Å². The Bertz CT molecular complexity index is 932. The van der Waals surface area contributed by atoms with Gasteiger partial charge < -0.3 is 16.2 Å². The van der Waals surface area contributed by atoms with Crippen LogP contribution in [0.2, 0.25) is 0 Å². The van der Waals surface area contributed by atoms with Gasteiger partial charge in [0.15, 0.2) is 0 Å². The molecule has 4 N–H and O–H groups in total. The molecule has 0 aliphatic heterocycles. The van der Waals surface area contributed by atoms with Gasteiger partial charge in [-0.25, -0.2) is 0 Å². The van der Waals surface area contributed by atoms with Gasteiger partial charge in [0.2, 0.25) is 5.91 Å². The average Bonchev–Trinajstić information content (AvgIpc) is 3.39. The lowest BCUT2D eigenvalue weighted by Gasteiger charge is -2.36. The SMILES string of the molecule is CCC(C)(C)[C@@H]1CCc2c(sc(NC(=O)[C@H]3[C@@H](C(=O)O)[C@H]4C=C[C@H]3C4)c2C(N)=O)C1. The molecule has 2 bridgehead atoms. The molecule has 0 unspecified atom stereocenters. The molecule has 1 saturated carbocycles. The summed E-state index contributed by atoms with van der Waals surface area (Å²) in [6.07, 6.45) is 8.32. The number of anilines is 1. The largest absolute Gasteiger partial charge is 0.481 e. The van der Waals surface area contributed by atoms with E-state index in [0.29, 0.717) is 22.9 Å². The van der Waals surface area contributed by atoms with E-state index < -0.39 is 23.7 Å². The minimum Gasteiger partial charge on any atom is -0.481 e. The molecule has 1 fully saturated rings. The molecule has 30 heavy (non-hydrogen) atoms. The summed E-state index contributed by atoms with van der Waals surface area (Å²) in [6, 6.07) is 0. The van der Waals surface area contributed by atoms with Crippen LogP contribution in [0.5, 0.6) is 0 Å². The number of thiophene rings is 1. The number of hydrogen-bond donors (Lipinski definition) is 3. The fourth-order valence-corrected chi connectivity index (χ4v) is 6.94. The molecule has 4 rings (SSSR count). The van der Waals surface area contributed by atoms with Gasteiger partial charge in [-0.15, -0.1) is 11.3 Å². The normalized spacial score (nSPS) is 29.6. The van der Waals surface area contributed by atoms with E-state index >= 15 is 0 Å². The maximum atomic E-state index is 13.1. The van der Waals surface area contributed by atoms with Crippen LogP contribution in [0.1, 0.15) is 60.8 Å². The van der Waals surface area contributed by atoms with E-state index in [-0.39, 0.29) is 23.2 Å². The molecule has 0 aromatic carbocycles. The first-order valence-corrected chi connectivity index (χ1v) is 11.6. The summed E-state index contributed by atoms with van der Waals surface area (Å²) < 4.78 is 0. The van der Waals surface area contributed by atoms with Crippen LogP contribution in [0.15, 0.2) is 12.2 Å². The number of nitrogens with one attached hydrogen (secondary N) is 1. The van der Waals surface area contributed by atoms with Crippen molar-refractivity contribution in [3.05, 3.63) is 28.2 Å². The first-order valence-electron chi connectivity index (χ1n) is 10.8. The number of fused-ring (bicyclic) bond motifs is 3. The molecule has 6 nitrogen and oxygen atoms in total. The third kappa shape index (κ3) is 3.37. The number of aliphatic carboxylic acids is 1. The van der Waals surface area contributed by atoms with Gasteiger partial charge in [0.25, 0.3) is 5.91 Å². The second kappa shape index (κ2) is 7.52. The second-order valence-corrected chi connectivity index (χ2v) is 10.8. The lowest BCUT2D eigenvalue weighted by molar-refractivity contribution is -0.146. The Balaban J connectivity index is 1.61. The van der Waals surface area contributed by atoms with Gasteiger partial charge in [0, 0.05) is 4.88 Å². The van der Waals surface area contributed by atoms with Crippen LogP contribution in [-0.4, -0.2) is 22.9 Å². The van der Waals surface area contributed by atoms with Gasteiger partial charge in [-0.2, -0.15) is 0 Å². The molecule has 3 aliphatic rings. The molecule has 0 radical (unpaired) electrons. The molecule has 1 aromatic rings. The summed E-state index contributed by atoms with van der Waals surface area (Å²) in [4.78, 5) is 38.3. The lowest BCUT2D eigenvalue weighted by Crippen LogP contribution is -2.36. The second-order valence-electron chi connectivity index (χ2n) is 9.68. The standard InChI is InChI=1S/C23H30N2O4S/c1-4-23(2,3)13-7-8-14-15(10-13)30-21(18(14)19(24)26)25-20(27)16-11-5-6-12(9-11)17(16)22(28)29/h5-6,11-13,16-17H,4,7-10H2,1-3H3,(H2,24,26)(H,25,27)(H,28,29)/t11-,12-,13+,16+,17-/m0/s1. The Morgan fingerprint density at radius 3 is 2.50 bits per heavy atom. The van der Waals surface area contributed by atoms with E-state index in [0.717, 1.165) is 36.1 Å². The zero-order chi connectivity index (χ0) is 21.8. The van der Waals surface area contributed by atoms with Gasteiger partial charge >= 0.3 is 5.97 Å². The van der Waals surface area contributed by atoms with E-state index in [1.54, 1.807) is 0 Å². The summed E-state index contributed by atoms with van der Waals surface area (Å²) >= 11 is 1.44. The lowest BCUT2D eigenvalue weighted by atomic mass is 9.69. The summed E-state index contributed by atoms with van der Waals surface area (Å²) in [5.74, 6) is -2.72. The highest BCUT2D eigenvalue weighted by Gasteiger charge is 2.52. The van der Waals surface area contributed by atoms with Gasteiger partial charge in [0.05, 0.1) is 17.4 Å². The molecular weight excluding hydrogens is 400 g/mol. The number of carboxylic acids is 1. The topological polar surface area (TPSA) is 109 Å². The van der Waals surface area contributed by atoms with Crippen molar-refractivity contribution in [3.63, 3.8) is 0 Å². The van der Waals surface area contributed by atoms with Crippen molar-refractivity contribution in [1.82, 2.24) is 0 Å². The highest BCUT2D eigenvalue weighted by molar-refractivity contribution is 7.17. The Morgan fingerprint density at radius 2 is 1.90 bits per heavy atom. The van der Waals surface area contributed by atoms with Crippen molar-refractivity contribution in [2.75, 3.05) is 5.32 Å². The fraction of sp³-hybridized carbons (Fsp3) is 0.609. The minimum absolute atomic E-state index is 0.0579. The van der Waals surface area contributed by atoms with E-state index in [1.165, 1.54) is 11.3 Å². The number of rotatable bonds is 6. The van der Waals surface area contributed by atoms with Crippen LogP contribution in [0.3, 0.4) is 0 Å². The quantitative estimate of drug-likeness (QED) is 0.596. The summed E-state index contributed by atoms with van der Waals surface area (Å²) in [6.45, 7) is 6.76. The maximum absolute atomic E-state index is 13.1. The number of carboxylic acid groups (broad SMARTS) is 1. The van der Waals surface area contributed by atoms with Crippen LogP contribution in [-0.2, 0) is 22.4 Å². The first-order chi connectivity index (χ1) is 14.1. The minimum atomic E-state index is -0.933. The number of hydrogen-bond acceptors (Lipinski definition) is 4. The zero-order valence-electron chi connectivity index (χ0n) is 17.7. The van der Waals surface area contributed by atoms with Gasteiger partial charge in [0.1, 0.15) is 5.00 Å². The molecule has 162 valence electrons. The van der Waals surface area contributed by atoms with E-state index in [4.69, 9.17) is 5.73 Å². The Labute approximate surface area is 180 Å². The predicted octanol–water partition coefficient (Wildman–Crippen LogP) is 3.85. The molecule has 1 heterocycles. The zero-order valence-corrected chi connectivity index (χ0v) is 18.6. The number of allylic oxidation sites excluding steroid dienone is 2. The highest BCUT2D eigenvalue weighted by atomic mass is 32.1. The van der Waals surface area contributed by atoms with Crippen molar-refractivity contribution in [2.24, 2.45) is 40.7 Å². The monoisotopic (exact) mass is 430 g/mol. The van der Waals surface area contributed by atoms with Gasteiger partial charge in [-0.05, 0) is 54.4 Å². The van der Waals surface area contributed by atoms with Crippen molar-refractivity contribution in [2.45, 2.75) is 52.9 Å². The van der Waals surface area contributed by atoms with E-state index in [1.807, 2.05) is 12.2 Å². The fourth-order valence-electron chi connectivity index (χ4n) is 5.60. The van der Waals surface area contributed by atoms with Crippen LogP contribution in [0, 0.1) is 35.0 Å². The smallest absolute Gasteiger partial charge is 0.307 e. The molecule has 7 heteroatoms. The van der Waals surface area contributed by atoms with Crippen LogP contribution >= 0.6 is 11.3 Å². The number of amides is 2. The highest BCUT2D eigenvalue weighted by Crippen LogP contribution is 2.49. The van der Waals surface area contributed by atoms with Gasteiger partial charge in [-0.3, -0.25) is 14.4 Å². The van der Waals surface area contributed by atoms with Crippen LogP contribution in [0.4, 0.5) is 5.00 Å². The average molecular weight is 431 g/mol. The van der Waals surface area contributed by atoms with Crippen LogP contribution in [0.25, 0.3) is 0 Å². The maximum Gasteiger partial charge on any atom is 0.307 e. The number of carbonyl (C=O) groups excluding carboxylic acids is 2. The third-order valence-corrected chi connectivity index (χ3v) is 8.98. The summed E-state index contributed by atoms with van der Waals surface area (Å²) in [5, 5.41) is 13.0. The Kier molecular flexibility index (Phi) is 5.29. The number of nitrogens with two attached hydrogens (primary N) is 1. The third-order valence-electron chi connectivity index (χ3n) is 7.81. The number of primary amides is 1. The Morgan fingerprint density at radius 1 is 1.23 bits per heavy atom. The summed E-state index contributed by atoms with van der Waals surface area (Å²) in [5.41, 5.74) is 7.30. The molecule has 5 atom stereocenters. The molecule has 3 aliphatic carbocycles. The molecule has 0 spiro atoms. The van der Waals surface area contributed by atoms with Crippen molar-refractivity contribution < 1.29 is 19.5 Å². The molecular formula is C23H30N2O4S. The van der Waals surface area contributed by atoms with E-state index in [9.17, 15) is 19.5 Å². The van der Waals surface area contributed by atoms with Crippen molar-refractivity contribution in [1.29, 1.82) is 0 Å². The first kappa shape index (κ1) is 21.1.